The molecule has 0 atom stereocenters. The Balaban J connectivity index is 1.24. The van der Waals surface area contributed by atoms with Gasteiger partial charge in [-0.2, -0.15) is 14.9 Å². The third-order valence-electron chi connectivity index (χ3n) is 6.06. The zero-order valence-corrected chi connectivity index (χ0v) is 18.4. The molecule has 0 aliphatic carbocycles. The largest absolute Gasteiger partial charge is 0.356 e. The fraction of sp³-hybridized carbons (Fsp3) is 0.435. The minimum Gasteiger partial charge on any atom is -0.356 e. The van der Waals surface area contributed by atoms with Crippen LogP contribution >= 0.6 is 0 Å². The number of piperazine rings is 1. The summed E-state index contributed by atoms with van der Waals surface area (Å²) in [6, 6.07) is 11.7. The molecule has 0 spiro atoms. The SMILES string of the molecule is Cc1cc(N2CCCCC2)nc(N2CCN(C(=O)c3cnn(-c4ccccc4)n3)CC2)n1. The molecule has 0 radical (unpaired) electrons. The second-order valence-electron chi connectivity index (χ2n) is 8.35. The Morgan fingerprint density at radius 3 is 2.38 bits per heavy atom. The maximum Gasteiger partial charge on any atom is 0.276 e. The Bertz CT molecular complexity index is 1070. The molecule has 9 nitrogen and oxygen atoms in total. The summed E-state index contributed by atoms with van der Waals surface area (Å²) in [7, 11) is 0. The van der Waals surface area contributed by atoms with Gasteiger partial charge in [-0.25, -0.2) is 4.98 Å². The highest BCUT2D eigenvalue weighted by Crippen LogP contribution is 2.22. The van der Waals surface area contributed by atoms with E-state index in [4.69, 9.17) is 4.98 Å². The second kappa shape index (κ2) is 8.94. The van der Waals surface area contributed by atoms with Crippen LogP contribution in [-0.4, -0.2) is 75.0 Å². The van der Waals surface area contributed by atoms with Crippen LogP contribution in [0.3, 0.4) is 0 Å². The Morgan fingerprint density at radius 1 is 0.875 bits per heavy atom. The van der Waals surface area contributed by atoms with Gasteiger partial charge >= 0.3 is 0 Å². The molecule has 5 rings (SSSR count). The summed E-state index contributed by atoms with van der Waals surface area (Å²) in [5, 5.41) is 8.63. The van der Waals surface area contributed by atoms with Crippen molar-refractivity contribution in [1.82, 2.24) is 29.9 Å². The molecule has 2 aliphatic rings. The Hall–Kier alpha value is -3.49. The smallest absolute Gasteiger partial charge is 0.276 e. The molecule has 2 saturated heterocycles. The van der Waals surface area contributed by atoms with Crippen molar-refractivity contribution in [3.8, 4) is 5.69 Å². The number of amides is 1. The summed E-state index contributed by atoms with van der Waals surface area (Å²) in [6.45, 7) is 6.74. The predicted octanol–water partition coefficient (Wildman–Crippen LogP) is 2.32. The normalized spacial score (nSPS) is 17.0. The fourth-order valence-electron chi connectivity index (χ4n) is 4.28. The fourth-order valence-corrected chi connectivity index (χ4v) is 4.28. The first-order valence-corrected chi connectivity index (χ1v) is 11.3. The van der Waals surface area contributed by atoms with Crippen LogP contribution in [0.5, 0.6) is 0 Å². The molecule has 2 aliphatic heterocycles. The van der Waals surface area contributed by atoms with Gasteiger partial charge < -0.3 is 14.7 Å². The van der Waals surface area contributed by atoms with Gasteiger partial charge in [0.25, 0.3) is 5.91 Å². The van der Waals surface area contributed by atoms with E-state index >= 15 is 0 Å². The minimum absolute atomic E-state index is 0.0917. The van der Waals surface area contributed by atoms with Gasteiger partial charge in [0, 0.05) is 51.0 Å². The van der Waals surface area contributed by atoms with Crippen LogP contribution in [-0.2, 0) is 0 Å². The molecular weight excluding hydrogens is 404 g/mol. The predicted molar refractivity (Wildman–Crippen MR) is 122 cm³/mol. The molecule has 9 heteroatoms. The summed E-state index contributed by atoms with van der Waals surface area (Å²) < 4.78 is 0. The van der Waals surface area contributed by atoms with Gasteiger partial charge in [-0.3, -0.25) is 4.79 Å². The van der Waals surface area contributed by atoms with Crippen molar-refractivity contribution in [3.63, 3.8) is 0 Å². The Labute approximate surface area is 187 Å². The quantitative estimate of drug-likeness (QED) is 0.626. The van der Waals surface area contributed by atoms with Gasteiger partial charge in [-0.05, 0) is 38.3 Å². The van der Waals surface area contributed by atoms with Crippen molar-refractivity contribution < 1.29 is 4.79 Å². The van der Waals surface area contributed by atoms with E-state index in [0.717, 1.165) is 36.2 Å². The first-order valence-electron chi connectivity index (χ1n) is 11.3. The highest BCUT2D eigenvalue weighted by atomic mass is 16.2. The molecule has 0 saturated carbocycles. The van der Waals surface area contributed by atoms with Gasteiger partial charge in [-0.1, -0.05) is 18.2 Å². The minimum atomic E-state index is -0.0917. The maximum absolute atomic E-state index is 13.0. The zero-order valence-electron chi connectivity index (χ0n) is 18.4. The monoisotopic (exact) mass is 432 g/mol. The van der Waals surface area contributed by atoms with Crippen molar-refractivity contribution in [2.45, 2.75) is 26.2 Å². The first kappa shape index (κ1) is 20.4. The van der Waals surface area contributed by atoms with Crippen LogP contribution in [0.4, 0.5) is 11.8 Å². The number of rotatable bonds is 4. The van der Waals surface area contributed by atoms with E-state index in [1.807, 2.05) is 42.2 Å². The third kappa shape index (κ3) is 4.28. The lowest BCUT2D eigenvalue weighted by molar-refractivity contribution is 0.0740. The van der Waals surface area contributed by atoms with E-state index in [9.17, 15) is 4.79 Å². The average molecular weight is 433 g/mol. The molecule has 2 aromatic heterocycles. The van der Waals surface area contributed by atoms with Gasteiger partial charge in [0.15, 0.2) is 5.69 Å². The number of para-hydroxylation sites is 1. The summed E-state index contributed by atoms with van der Waals surface area (Å²) in [5.74, 6) is 1.68. The number of carbonyl (C=O) groups is 1. The highest BCUT2D eigenvalue weighted by Gasteiger charge is 2.26. The van der Waals surface area contributed by atoms with Crippen molar-refractivity contribution in [1.29, 1.82) is 0 Å². The molecule has 0 unspecified atom stereocenters. The van der Waals surface area contributed by atoms with Gasteiger partial charge in [0.2, 0.25) is 5.95 Å². The molecule has 1 amide bonds. The van der Waals surface area contributed by atoms with Gasteiger partial charge in [0.1, 0.15) is 5.82 Å². The number of anilines is 2. The van der Waals surface area contributed by atoms with E-state index in [1.165, 1.54) is 30.3 Å². The van der Waals surface area contributed by atoms with Crippen LogP contribution in [0.25, 0.3) is 5.69 Å². The lowest BCUT2D eigenvalue weighted by Gasteiger charge is -2.35. The molecule has 0 N–H and O–H groups in total. The highest BCUT2D eigenvalue weighted by molar-refractivity contribution is 5.92. The van der Waals surface area contributed by atoms with Crippen molar-refractivity contribution in [3.05, 3.63) is 54.0 Å². The molecule has 1 aromatic carbocycles. The number of piperidine rings is 1. The second-order valence-corrected chi connectivity index (χ2v) is 8.35. The van der Waals surface area contributed by atoms with E-state index in [-0.39, 0.29) is 5.91 Å². The van der Waals surface area contributed by atoms with Crippen LogP contribution in [0.15, 0.2) is 42.6 Å². The number of nitrogens with zero attached hydrogens (tertiary/aromatic N) is 8. The number of hydrogen-bond acceptors (Lipinski definition) is 7. The van der Waals surface area contributed by atoms with Crippen molar-refractivity contribution >= 4 is 17.7 Å². The Kier molecular flexibility index (Phi) is 5.70. The maximum atomic E-state index is 13.0. The summed E-state index contributed by atoms with van der Waals surface area (Å²) in [4.78, 5) is 30.3. The van der Waals surface area contributed by atoms with Gasteiger partial charge in [-0.15, -0.1) is 5.10 Å². The number of benzene rings is 1. The molecule has 2 fully saturated rings. The topological polar surface area (TPSA) is 83.3 Å². The molecular formula is C23H28N8O. The number of aryl methyl sites for hydroxylation is 1. The summed E-state index contributed by atoms with van der Waals surface area (Å²) >= 11 is 0. The van der Waals surface area contributed by atoms with Crippen molar-refractivity contribution in [2.24, 2.45) is 0 Å². The van der Waals surface area contributed by atoms with Crippen LogP contribution in [0.1, 0.15) is 35.4 Å². The van der Waals surface area contributed by atoms with E-state index in [0.29, 0.717) is 31.9 Å². The standard InChI is InChI=1S/C23H28N8O/c1-18-16-21(28-10-6-3-7-11-28)26-23(25-18)30-14-12-29(13-15-30)22(32)20-17-24-31(27-20)19-8-4-2-5-9-19/h2,4-5,8-9,16-17H,3,6-7,10-15H2,1H3. The van der Waals surface area contributed by atoms with Crippen molar-refractivity contribution in [2.75, 3.05) is 49.1 Å². The average Bonchev–Trinajstić information content (AvgIpc) is 3.35. The van der Waals surface area contributed by atoms with E-state index < -0.39 is 0 Å². The lowest BCUT2D eigenvalue weighted by atomic mass is 10.1. The lowest BCUT2D eigenvalue weighted by Crippen LogP contribution is -2.49. The molecule has 32 heavy (non-hydrogen) atoms. The van der Waals surface area contributed by atoms with Gasteiger partial charge in [0.05, 0.1) is 11.9 Å². The van der Waals surface area contributed by atoms with Crippen LogP contribution < -0.4 is 9.80 Å². The third-order valence-corrected chi connectivity index (χ3v) is 6.06. The first-order chi connectivity index (χ1) is 15.7. The summed E-state index contributed by atoms with van der Waals surface area (Å²) in [5.41, 5.74) is 2.17. The van der Waals surface area contributed by atoms with E-state index in [2.05, 4.69) is 31.0 Å². The zero-order chi connectivity index (χ0) is 21.9. The molecule has 4 heterocycles. The molecule has 0 bridgehead atoms. The molecule has 3 aromatic rings. The van der Waals surface area contributed by atoms with Crippen LogP contribution in [0, 0.1) is 6.92 Å². The molecule has 166 valence electrons. The van der Waals surface area contributed by atoms with Crippen LogP contribution in [0.2, 0.25) is 0 Å². The Morgan fingerprint density at radius 2 is 1.62 bits per heavy atom. The number of hydrogen-bond donors (Lipinski definition) is 0. The van der Waals surface area contributed by atoms with E-state index in [1.54, 1.807) is 0 Å². The number of carbonyl (C=O) groups excluding carboxylic acids is 1. The summed E-state index contributed by atoms with van der Waals surface area (Å²) in [6.07, 6.45) is 5.26. The number of aromatic nitrogens is 5.